The number of ether oxygens (including phenoxy) is 1. The van der Waals surface area contributed by atoms with Crippen LogP contribution in [0.2, 0.25) is 0 Å². The third-order valence-electron chi connectivity index (χ3n) is 5.08. The van der Waals surface area contributed by atoms with Crippen LogP contribution in [0.5, 0.6) is 0 Å². The highest BCUT2D eigenvalue weighted by Crippen LogP contribution is 2.32. The molecule has 0 aliphatic rings. The molecule has 0 aliphatic heterocycles. The van der Waals surface area contributed by atoms with E-state index in [1.807, 2.05) is 6.92 Å². The fourth-order valence-corrected chi connectivity index (χ4v) is 4.64. The van der Waals surface area contributed by atoms with E-state index >= 15 is 0 Å². The van der Waals surface area contributed by atoms with E-state index in [0.29, 0.717) is 34.2 Å². The molecule has 0 atom stereocenters. The minimum absolute atomic E-state index is 0.0129. The predicted octanol–water partition coefficient (Wildman–Crippen LogP) is 4.26. The van der Waals surface area contributed by atoms with Gasteiger partial charge in [-0.2, -0.15) is 0 Å². The van der Waals surface area contributed by atoms with Crippen LogP contribution >= 0.6 is 0 Å². The number of nitrogens with one attached hydrogen (secondary N) is 2. The van der Waals surface area contributed by atoms with Crippen molar-refractivity contribution in [3.8, 4) is 0 Å². The lowest BCUT2D eigenvalue weighted by Crippen LogP contribution is -2.20. The zero-order valence-electron chi connectivity index (χ0n) is 18.2. The van der Waals surface area contributed by atoms with Gasteiger partial charge in [0.05, 0.1) is 17.2 Å². The van der Waals surface area contributed by atoms with Gasteiger partial charge in [0.2, 0.25) is 5.76 Å². The number of hydrogen-bond donors (Lipinski definition) is 2. The molecule has 172 valence electrons. The van der Waals surface area contributed by atoms with Gasteiger partial charge in [0, 0.05) is 28.9 Å². The minimum atomic E-state index is -4.20. The summed E-state index contributed by atoms with van der Waals surface area (Å²) in [7, 11) is -4.20. The number of rotatable bonds is 7. The van der Waals surface area contributed by atoms with Gasteiger partial charge in [-0.3, -0.25) is 4.72 Å². The van der Waals surface area contributed by atoms with Crippen LogP contribution in [-0.4, -0.2) is 27.5 Å². The topological polar surface area (TPSA) is 128 Å². The SMILES string of the molecule is CCNc1c(NS(=O)(=O)c2ccc3c(C)c(C(=O)OCC)oc3c2)c(=O)oc2ccccc12. The zero-order chi connectivity index (χ0) is 23.8. The molecule has 2 N–H and O–H groups in total. The summed E-state index contributed by atoms with van der Waals surface area (Å²) in [5.41, 5.74) is 0.361. The lowest BCUT2D eigenvalue weighted by Gasteiger charge is -2.14. The molecule has 0 saturated heterocycles. The molecule has 0 saturated carbocycles. The standard InChI is InChI=1S/C23H22N2O7S/c1-4-24-19-16-8-6-7-9-17(16)32-22(26)20(19)25-33(28,29)14-10-11-15-13(3)21(23(27)30-5-2)31-18(15)12-14/h6-12,24-25H,4-5H2,1-3H3. The maximum absolute atomic E-state index is 13.2. The Labute approximate surface area is 189 Å². The Bertz CT molecular complexity index is 1530. The molecule has 0 radical (unpaired) electrons. The summed E-state index contributed by atoms with van der Waals surface area (Å²) in [4.78, 5) is 24.6. The van der Waals surface area contributed by atoms with Gasteiger partial charge in [-0.15, -0.1) is 0 Å². The molecule has 2 heterocycles. The van der Waals surface area contributed by atoms with Crippen LogP contribution in [0.25, 0.3) is 21.9 Å². The summed E-state index contributed by atoms with van der Waals surface area (Å²) in [6.45, 7) is 5.83. The fraction of sp³-hybridized carbons (Fsp3) is 0.217. The smallest absolute Gasteiger partial charge is 0.374 e. The Hall–Kier alpha value is -3.79. The van der Waals surface area contributed by atoms with Crippen LogP contribution in [0.3, 0.4) is 0 Å². The molecule has 0 spiro atoms. The monoisotopic (exact) mass is 470 g/mol. The van der Waals surface area contributed by atoms with Crippen molar-refractivity contribution in [1.29, 1.82) is 0 Å². The first-order valence-corrected chi connectivity index (χ1v) is 11.8. The Balaban J connectivity index is 1.79. The van der Waals surface area contributed by atoms with E-state index in [1.54, 1.807) is 44.2 Å². The van der Waals surface area contributed by atoms with Gasteiger partial charge in [-0.25, -0.2) is 18.0 Å². The Morgan fingerprint density at radius 3 is 2.48 bits per heavy atom. The highest BCUT2D eigenvalue weighted by molar-refractivity contribution is 7.92. The van der Waals surface area contributed by atoms with Crippen molar-refractivity contribution in [2.45, 2.75) is 25.7 Å². The molecule has 0 unspecified atom stereocenters. The van der Waals surface area contributed by atoms with E-state index in [9.17, 15) is 18.0 Å². The second-order valence-corrected chi connectivity index (χ2v) is 8.89. The Kier molecular flexibility index (Phi) is 5.86. The second kappa shape index (κ2) is 8.62. The van der Waals surface area contributed by atoms with Gasteiger partial charge in [0.15, 0.2) is 5.69 Å². The number of furan rings is 1. The first-order valence-electron chi connectivity index (χ1n) is 10.3. The van der Waals surface area contributed by atoms with Crippen LogP contribution in [-0.2, 0) is 14.8 Å². The summed E-state index contributed by atoms with van der Waals surface area (Å²) < 4.78 is 44.6. The first kappa shape index (κ1) is 22.4. The van der Waals surface area contributed by atoms with Crippen molar-refractivity contribution in [1.82, 2.24) is 0 Å². The van der Waals surface area contributed by atoms with E-state index < -0.39 is 21.6 Å². The molecular weight excluding hydrogens is 448 g/mol. The van der Waals surface area contributed by atoms with E-state index in [0.717, 1.165) is 0 Å². The average molecular weight is 471 g/mol. The van der Waals surface area contributed by atoms with E-state index in [4.69, 9.17) is 13.6 Å². The summed E-state index contributed by atoms with van der Waals surface area (Å²) in [5.74, 6) is -0.614. The fourth-order valence-electron chi connectivity index (χ4n) is 3.56. The van der Waals surface area contributed by atoms with Crippen LogP contribution < -0.4 is 15.7 Å². The third kappa shape index (κ3) is 4.05. The van der Waals surface area contributed by atoms with E-state index in [1.165, 1.54) is 12.1 Å². The van der Waals surface area contributed by atoms with Gasteiger partial charge in [0.25, 0.3) is 10.0 Å². The molecule has 9 nitrogen and oxygen atoms in total. The molecule has 2 aromatic heterocycles. The van der Waals surface area contributed by atoms with Gasteiger partial charge in [0.1, 0.15) is 11.2 Å². The van der Waals surface area contributed by atoms with Crippen molar-refractivity contribution in [3.63, 3.8) is 0 Å². The minimum Gasteiger partial charge on any atom is -0.460 e. The number of esters is 1. The largest absolute Gasteiger partial charge is 0.460 e. The third-order valence-corrected chi connectivity index (χ3v) is 6.43. The number of benzene rings is 2. The number of sulfonamides is 1. The van der Waals surface area contributed by atoms with Crippen LogP contribution in [0.4, 0.5) is 11.4 Å². The van der Waals surface area contributed by atoms with Crippen LogP contribution in [0.1, 0.15) is 30.0 Å². The summed E-state index contributed by atoms with van der Waals surface area (Å²) >= 11 is 0. The number of carbonyl (C=O) groups is 1. The molecule has 0 bridgehead atoms. The summed E-state index contributed by atoms with van der Waals surface area (Å²) in [6, 6.07) is 11.0. The lowest BCUT2D eigenvalue weighted by atomic mass is 10.1. The number of para-hydroxylation sites is 1. The van der Waals surface area contributed by atoms with Crippen LogP contribution in [0, 0.1) is 6.92 Å². The second-order valence-electron chi connectivity index (χ2n) is 7.21. The average Bonchev–Trinajstić information content (AvgIpc) is 3.12. The molecule has 0 fully saturated rings. The van der Waals surface area contributed by atoms with Crippen molar-refractivity contribution < 1.29 is 26.8 Å². The normalized spacial score (nSPS) is 11.6. The van der Waals surface area contributed by atoms with E-state index in [-0.39, 0.29) is 28.5 Å². The zero-order valence-corrected chi connectivity index (χ0v) is 19.0. The van der Waals surface area contributed by atoms with Gasteiger partial charge < -0.3 is 18.9 Å². The molecule has 4 aromatic rings. The quantitative estimate of drug-likeness (QED) is 0.303. The Morgan fingerprint density at radius 2 is 1.76 bits per heavy atom. The van der Waals surface area contributed by atoms with Gasteiger partial charge in [-0.1, -0.05) is 12.1 Å². The number of fused-ring (bicyclic) bond motifs is 2. The van der Waals surface area contributed by atoms with Crippen molar-refractivity contribution >= 4 is 49.3 Å². The van der Waals surface area contributed by atoms with Crippen molar-refractivity contribution in [3.05, 3.63) is 64.2 Å². The maximum Gasteiger partial charge on any atom is 0.374 e. The van der Waals surface area contributed by atoms with Gasteiger partial charge >= 0.3 is 11.6 Å². The number of aryl methyl sites for hydroxylation is 1. The van der Waals surface area contributed by atoms with Crippen molar-refractivity contribution in [2.24, 2.45) is 0 Å². The van der Waals surface area contributed by atoms with E-state index in [2.05, 4.69) is 10.0 Å². The molecular formula is C23H22N2O7S. The van der Waals surface area contributed by atoms with Crippen LogP contribution in [0.15, 0.2) is 61.0 Å². The summed E-state index contributed by atoms with van der Waals surface area (Å²) in [5, 5.41) is 4.18. The Morgan fingerprint density at radius 1 is 1.00 bits per heavy atom. The molecule has 33 heavy (non-hydrogen) atoms. The number of anilines is 2. The molecule has 0 amide bonds. The first-order chi connectivity index (χ1) is 15.8. The molecule has 2 aromatic carbocycles. The maximum atomic E-state index is 13.2. The number of carbonyl (C=O) groups excluding carboxylic acids is 1. The molecule has 10 heteroatoms. The van der Waals surface area contributed by atoms with Crippen molar-refractivity contribution in [2.75, 3.05) is 23.2 Å². The number of hydrogen-bond acceptors (Lipinski definition) is 8. The predicted molar refractivity (Wildman–Crippen MR) is 124 cm³/mol. The molecule has 0 aliphatic carbocycles. The summed E-state index contributed by atoms with van der Waals surface area (Å²) in [6.07, 6.45) is 0. The molecule has 4 rings (SSSR count). The lowest BCUT2D eigenvalue weighted by molar-refractivity contribution is 0.0491. The van der Waals surface area contributed by atoms with Gasteiger partial charge in [-0.05, 0) is 45.0 Å². The highest BCUT2D eigenvalue weighted by atomic mass is 32.2. The highest BCUT2D eigenvalue weighted by Gasteiger charge is 2.24.